The maximum atomic E-state index is 12.4. The standard InChI is InChI=1S/C16H20N2O2S/c1-12-3-9-20-15(12)16(19)18-7-5-17(6-8-18)13(2)14-4-10-21-11-14/h3-4,9-11,13H,5-8H2,1-2H3/t13-/m0/s1. The summed E-state index contributed by atoms with van der Waals surface area (Å²) in [6.45, 7) is 7.47. The van der Waals surface area contributed by atoms with E-state index in [4.69, 9.17) is 4.42 Å². The van der Waals surface area contributed by atoms with Crippen LogP contribution in [0.2, 0.25) is 0 Å². The zero-order chi connectivity index (χ0) is 14.8. The van der Waals surface area contributed by atoms with Crippen molar-refractivity contribution in [2.24, 2.45) is 0 Å². The van der Waals surface area contributed by atoms with Gasteiger partial charge in [0.05, 0.1) is 6.26 Å². The minimum absolute atomic E-state index is 0.0142. The quantitative estimate of drug-likeness (QED) is 0.874. The van der Waals surface area contributed by atoms with Crippen LogP contribution in [-0.2, 0) is 0 Å². The lowest BCUT2D eigenvalue weighted by molar-refractivity contribution is 0.0552. The van der Waals surface area contributed by atoms with Gasteiger partial charge in [-0.3, -0.25) is 9.69 Å². The molecule has 1 aliphatic rings. The second-order valence-corrected chi connectivity index (χ2v) is 6.27. The van der Waals surface area contributed by atoms with Gasteiger partial charge in [0.25, 0.3) is 5.91 Å². The lowest BCUT2D eigenvalue weighted by Gasteiger charge is -2.37. The number of carbonyl (C=O) groups excluding carboxylic acids is 1. The van der Waals surface area contributed by atoms with E-state index in [1.54, 1.807) is 17.6 Å². The number of rotatable bonds is 3. The highest BCUT2D eigenvalue weighted by Crippen LogP contribution is 2.24. The van der Waals surface area contributed by atoms with Crippen molar-refractivity contribution >= 4 is 17.2 Å². The SMILES string of the molecule is Cc1ccoc1C(=O)N1CCN([C@@H](C)c2ccsc2)CC1. The predicted molar refractivity (Wildman–Crippen MR) is 83.7 cm³/mol. The van der Waals surface area contributed by atoms with Crippen LogP contribution >= 0.6 is 11.3 Å². The number of nitrogens with zero attached hydrogens (tertiary/aromatic N) is 2. The van der Waals surface area contributed by atoms with Crippen molar-refractivity contribution in [3.8, 4) is 0 Å². The van der Waals surface area contributed by atoms with Crippen LogP contribution in [0.5, 0.6) is 0 Å². The highest BCUT2D eigenvalue weighted by atomic mass is 32.1. The van der Waals surface area contributed by atoms with Crippen LogP contribution in [0.3, 0.4) is 0 Å². The molecule has 21 heavy (non-hydrogen) atoms. The fourth-order valence-corrected chi connectivity index (χ4v) is 3.52. The van der Waals surface area contributed by atoms with E-state index >= 15 is 0 Å². The van der Waals surface area contributed by atoms with Crippen LogP contribution in [0.1, 0.15) is 34.6 Å². The molecule has 0 aliphatic carbocycles. The molecule has 0 unspecified atom stereocenters. The van der Waals surface area contributed by atoms with Gasteiger partial charge in [-0.05, 0) is 42.3 Å². The molecule has 2 aromatic heterocycles. The molecule has 112 valence electrons. The van der Waals surface area contributed by atoms with Crippen molar-refractivity contribution in [1.29, 1.82) is 0 Å². The second-order valence-electron chi connectivity index (χ2n) is 5.49. The Hall–Kier alpha value is -1.59. The Morgan fingerprint density at radius 2 is 2.05 bits per heavy atom. The highest BCUT2D eigenvalue weighted by Gasteiger charge is 2.27. The van der Waals surface area contributed by atoms with Crippen molar-refractivity contribution in [1.82, 2.24) is 9.80 Å². The van der Waals surface area contributed by atoms with Crippen LogP contribution in [0, 0.1) is 6.92 Å². The molecule has 0 N–H and O–H groups in total. The molecule has 3 heterocycles. The number of amides is 1. The molecule has 1 fully saturated rings. The summed E-state index contributed by atoms with van der Waals surface area (Å²) in [5, 5.41) is 4.32. The predicted octanol–water partition coefficient (Wildman–Crippen LogP) is 3.17. The van der Waals surface area contributed by atoms with Crippen LogP contribution < -0.4 is 0 Å². The number of piperazine rings is 1. The number of hydrogen-bond donors (Lipinski definition) is 0. The smallest absolute Gasteiger partial charge is 0.289 e. The summed E-state index contributed by atoms with van der Waals surface area (Å²) in [6.07, 6.45) is 1.58. The first-order valence-electron chi connectivity index (χ1n) is 7.26. The van der Waals surface area contributed by atoms with Crippen molar-refractivity contribution in [3.05, 3.63) is 46.0 Å². The molecule has 1 saturated heterocycles. The summed E-state index contributed by atoms with van der Waals surface area (Å²) in [4.78, 5) is 16.7. The number of furan rings is 1. The first-order valence-corrected chi connectivity index (χ1v) is 8.20. The van der Waals surface area contributed by atoms with E-state index in [0.29, 0.717) is 11.8 Å². The van der Waals surface area contributed by atoms with E-state index in [1.165, 1.54) is 5.56 Å². The van der Waals surface area contributed by atoms with Crippen molar-refractivity contribution in [3.63, 3.8) is 0 Å². The molecular weight excluding hydrogens is 284 g/mol. The molecule has 1 atom stereocenters. The van der Waals surface area contributed by atoms with Crippen LogP contribution in [0.25, 0.3) is 0 Å². The molecule has 1 aliphatic heterocycles. The Labute approximate surface area is 129 Å². The molecule has 4 nitrogen and oxygen atoms in total. The summed E-state index contributed by atoms with van der Waals surface area (Å²) >= 11 is 1.73. The summed E-state index contributed by atoms with van der Waals surface area (Å²) in [5.41, 5.74) is 2.27. The molecule has 0 saturated carbocycles. The fraction of sp³-hybridized carbons (Fsp3) is 0.438. The van der Waals surface area contributed by atoms with Gasteiger partial charge in [-0.25, -0.2) is 0 Å². The number of carbonyl (C=O) groups is 1. The van der Waals surface area contributed by atoms with Gasteiger partial charge >= 0.3 is 0 Å². The van der Waals surface area contributed by atoms with E-state index in [-0.39, 0.29) is 5.91 Å². The third-order valence-corrected chi connectivity index (χ3v) is 4.93. The lowest BCUT2D eigenvalue weighted by Crippen LogP contribution is -2.49. The van der Waals surface area contributed by atoms with E-state index in [9.17, 15) is 4.79 Å². The highest BCUT2D eigenvalue weighted by molar-refractivity contribution is 7.07. The molecule has 0 aromatic carbocycles. The minimum atomic E-state index is 0.0142. The normalized spacial score (nSPS) is 17.9. The van der Waals surface area contributed by atoms with E-state index in [1.807, 2.05) is 17.9 Å². The summed E-state index contributed by atoms with van der Waals surface area (Å²) in [6, 6.07) is 4.43. The molecular formula is C16H20N2O2S. The van der Waals surface area contributed by atoms with E-state index < -0.39 is 0 Å². The molecule has 0 bridgehead atoms. The molecule has 2 aromatic rings. The lowest BCUT2D eigenvalue weighted by atomic mass is 10.1. The Bertz CT molecular complexity index is 598. The Kier molecular flexibility index (Phi) is 4.12. The Balaban J connectivity index is 1.60. The average Bonchev–Trinajstić information content (AvgIpc) is 3.17. The third kappa shape index (κ3) is 2.89. The van der Waals surface area contributed by atoms with Gasteiger partial charge < -0.3 is 9.32 Å². The van der Waals surface area contributed by atoms with E-state index in [0.717, 1.165) is 31.7 Å². The van der Waals surface area contributed by atoms with Crippen LogP contribution in [0.4, 0.5) is 0 Å². The van der Waals surface area contributed by atoms with Gasteiger partial charge in [0, 0.05) is 37.8 Å². The van der Waals surface area contributed by atoms with E-state index in [2.05, 4.69) is 28.7 Å². The summed E-state index contributed by atoms with van der Waals surface area (Å²) in [7, 11) is 0. The minimum Gasteiger partial charge on any atom is -0.459 e. The van der Waals surface area contributed by atoms with Crippen LogP contribution in [-0.4, -0.2) is 41.9 Å². The maximum absolute atomic E-state index is 12.4. The van der Waals surface area contributed by atoms with Gasteiger partial charge in [0.2, 0.25) is 0 Å². The van der Waals surface area contributed by atoms with Gasteiger partial charge in [-0.2, -0.15) is 11.3 Å². The average molecular weight is 304 g/mol. The molecule has 0 radical (unpaired) electrons. The number of thiophene rings is 1. The van der Waals surface area contributed by atoms with Gasteiger partial charge in [0.15, 0.2) is 5.76 Å². The largest absolute Gasteiger partial charge is 0.459 e. The van der Waals surface area contributed by atoms with Crippen LogP contribution in [0.15, 0.2) is 33.6 Å². The zero-order valence-corrected chi connectivity index (χ0v) is 13.2. The summed E-state index contributed by atoms with van der Waals surface area (Å²) in [5.74, 6) is 0.495. The van der Waals surface area contributed by atoms with Crippen molar-refractivity contribution in [2.75, 3.05) is 26.2 Å². The second kappa shape index (κ2) is 6.03. The maximum Gasteiger partial charge on any atom is 0.289 e. The van der Waals surface area contributed by atoms with Crippen molar-refractivity contribution in [2.45, 2.75) is 19.9 Å². The monoisotopic (exact) mass is 304 g/mol. The molecule has 0 spiro atoms. The van der Waals surface area contributed by atoms with Gasteiger partial charge in [-0.15, -0.1) is 0 Å². The Morgan fingerprint density at radius 1 is 1.29 bits per heavy atom. The van der Waals surface area contributed by atoms with Gasteiger partial charge in [-0.1, -0.05) is 0 Å². The summed E-state index contributed by atoms with van der Waals surface area (Å²) < 4.78 is 5.31. The molecule has 5 heteroatoms. The first-order chi connectivity index (χ1) is 10.2. The third-order valence-electron chi connectivity index (χ3n) is 4.23. The van der Waals surface area contributed by atoms with Gasteiger partial charge in [0.1, 0.15) is 0 Å². The zero-order valence-electron chi connectivity index (χ0n) is 12.4. The first kappa shape index (κ1) is 14.4. The topological polar surface area (TPSA) is 36.7 Å². The Morgan fingerprint density at radius 3 is 2.62 bits per heavy atom. The number of hydrogen-bond acceptors (Lipinski definition) is 4. The molecule has 1 amide bonds. The fourth-order valence-electron chi connectivity index (χ4n) is 2.77. The molecule has 3 rings (SSSR count). The van der Waals surface area contributed by atoms with Crippen molar-refractivity contribution < 1.29 is 9.21 Å². The number of aryl methyl sites for hydroxylation is 1.